The Hall–Kier alpha value is -0.950. The van der Waals surface area contributed by atoms with Crippen LogP contribution in [0.1, 0.15) is 60.8 Å². The van der Waals surface area contributed by atoms with Crippen molar-refractivity contribution in [2.45, 2.75) is 67.1 Å². The van der Waals surface area contributed by atoms with E-state index in [1.165, 1.54) is 19.0 Å². The lowest BCUT2D eigenvalue weighted by Gasteiger charge is -2.36. The van der Waals surface area contributed by atoms with Crippen molar-refractivity contribution in [1.29, 1.82) is 0 Å². The summed E-state index contributed by atoms with van der Waals surface area (Å²) in [4.78, 5) is 5.08. The smallest absolute Gasteiger partial charge is 0.177 e. The molecule has 1 atom stereocenters. The van der Waals surface area contributed by atoms with Gasteiger partial charge in [0.1, 0.15) is 5.76 Å². The predicted molar refractivity (Wildman–Crippen MR) is 117 cm³/mol. The van der Waals surface area contributed by atoms with Crippen LogP contribution in [0.3, 0.4) is 0 Å². The van der Waals surface area contributed by atoms with Crippen LogP contribution in [0.2, 0.25) is 0 Å². The number of hydrogen-bond acceptors (Lipinski definition) is 5. The normalized spacial score (nSPS) is 19.2. The van der Waals surface area contributed by atoms with Gasteiger partial charge in [0.15, 0.2) is 12.1 Å². The third-order valence-corrected chi connectivity index (χ3v) is 5.23. The van der Waals surface area contributed by atoms with E-state index in [2.05, 4.69) is 30.6 Å². The van der Waals surface area contributed by atoms with Crippen LogP contribution in [0, 0.1) is 5.41 Å². The third-order valence-electron chi connectivity index (χ3n) is 5.23. The van der Waals surface area contributed by atoms with Crippen LogP contribution in [-0.2, 0) is 9.47 Å². The predicted octanol–water partition coefficient (Wildman–Crippen LogP) is 4.34. The van der Waals surface area contributed by atoms with Crippen LogP contribution in [0.4, 0.5) is 4.39 Å². The summed E-state index contributed by atoms with van der Waals surface area (Å²) in [6, 6.07) is 0. The SMILES string of the molecule is CCOC(O)/C(C)=C/C(F)=C(\C)OCCCCN1CCN(CCC(C)(C)C)CC1. The zero-order valence-corrected chi connectivity index (χ0v) is 19.5. The van der Waals surface area contributed by atoms with Crippen molar-refractivity contribution in [1.82, 2.24) is 9.80 Å². The molecule has 0 spiro atoms. The van der Waals surface area contributed by atoms with Crippen molar-refractivity contribution >= 4 is 0 Å². The maximum atomic E-state index is 14.1. The molecule has 1 N–H and O–H groups in total. The van der Waals surface area contributed by atoms with Crippen LogP contribution in [-0.4, -0.2) is 73.7 Å². The first-order valence-electron chi connectivity index (χ1n) is 11.0. The number of halogens is 1. The van der Waals surface area contributed by atoms with Crippen molar-refractivity contribution in [3.63, 3.8) is 0 Å². The average molecular weight is 415 g/mol. The first kappa shape index (κ1) is 26.1. The van der Waals surface area contributed by atoms with Gasteiger partial charge in [-0.15, -0.1) is 0 Å². The second kappa shape index (κ2) is 13.4. The largest absolute Gasteiger partial charge is 0.495 e. The Balaban J connectivity index is 2.20. The molecule has 1 aliphatic heterocycles. The molecule has 1 fully saturated rings. The molecule has 0 bridgehead atoms. The molecule has 0 radical (unpaired) electrons. The second-order valence-electron chi connectivity index (χ2n) is 9.15. The highest BCUT2D eigenvalue weighted by Gasteiger charge is 2.18. The highest BCUT2D eigenvalue weighted by molar-refractivity contribution is 5.20. The van der Waals surface area contributed by atoms with E-state index in [4.69, 9.17) is 9.47 Å². The fraction of sp³-hybridized carbons (Fsp3) is 0.826. The molecule has 0 aromatic heterocycles. The van der Waals surface area contributed by atoms with Gasteiger partial charge < -0.3 is 24.4 Å². The topological polar surface area (TPSA) is 45.2 Å². The molecule has 0 saturated carbocycles. The third kappa shape index (κ3) is 11.7. The molecule has 6 heteroatoms. The minimum atomic E-state index is -1.08. The summed E-state index contributed by atoms with van der Waals surface area (Å²) in [5.41, 5.74) is 0.828. The van der Waals surface area contributed by atoms with E-state index in [0.29, 0.717) is 24.2 Å². The molecular formula is C23H43FN2O3. The summed E-state index contributed by atoms with van der Waals surface area (Å²) in [6.45, 7) is 19.6. The Morgan fingerprint density at radius 2 is 1.66 bits per heavy atom. The van der Waals surface area contributed by atoms with Crippen molar-refractivity contribution in [2.75, 3.05) is 52.5 Å². The van der Waals surface area contributed by atoms with E-state index >= 15 is 0 Å². The summed E-state index contributed by atoms with van der Waals surface area (Å²) in [5.74, 6) is -0.215. The highest BCUT2D eigenvalue weighted by atomic mass is 19.1. The number of rotatable bonds is 12. The zero-order chi connectivity index (χ0) is 21.9. The van der Waals surface area contributed by atoms with Gasteiger partial charge in [-0.1, -0.05) is 20.8 Å². The molecule has 0 aliphatic carbocycles. The van der Waals surface area contributed by atoms with Gasteiger partial charge in [-0.25, -0.2) is 4.39 Å². The lowest BCUT2D eigenvalue weighted by atomic mass is 9.92. The Kier molecular flexibility index (Phi) is 12.0. The maximum Gasteiger partial charge on any atom is 0.177 e. The number of ether oxygens (including phenoxy) is 2. The number of unbranched alkanes of at least 4 members (excludes halogenated alkanes) is 1. The minimum absolute atomic E-state index is 0.250. The van der Waals surface area contributed by atoms with Crippen LogP contribution in [0.15, 0.2) is 23.2 Å². The number of hydrogen-bond donors (Lipinski definition) is 1. The standard InChI is InChI=1S/C23H43FN2O3/c1-7-28-22(27)19(2)18-21(24)20(3)29-17-9-8-11-25-13-15-26(16-14-25)12-10-23(4,5)6/h18,22,27H,7-17H2,1-6H3/b19-18+,21-20-. The number of piperazine rings is 1. The van der Waals surface area contributed by atoms with Gasteiger partial charge in [-0.05, 0) is 70.2 Å². The van der Waals surface area contributed by atoms with Crippen molar-refractivity contribution in [3.8, 4) is 0 Å². The van der Waals surface area contributed by atoms with Crippen molar-refractivity contribution < 1.29 is 19.0 Å². The summed E-state index contributed by atoms with van der Waals surface area (Å²) >= 11 is 0. The van der Waals surface area contributed by atoms with Gasteiger partial charge in [0.25, 0.3) is 0 Å². The van der Waals surface area contributed by atoms with E-state index in [9.17, 15) is 9.50 Å². The number of nitrogens with zero attached hydrogens (tertiary/aromatic N) is 2. The molecule has 5 nitrogen and oxygen atoms in total. The summed E-state index contributed by atoms with van der Waals surface area (Å²) < 4.78 is 24.7. The molecule has 1 heterocycles. The van der Waals surface area contributed by atoms with Gasteiger partial charge in [0, 0.05) is 32.8 Å². The molecule has 1 aliphatic rings. The Bertz CT molecular complexity index is 521. The highest BCUT2D eigenvalue weighted by Crippen LogP contribution is 2.19. The molecule has 0 aromatic carbocycles. The Morgan fingerprint density at radius 3 is 2.21 bits per heavy atom. The summed E-state index contributed by atoms with van der Waals surface area (Å²) in [5, 5.41) is 9.67. The van der Waals surface area contributed by atoms with E-state index in [1.807, 2.05) is 0 Å². The monoisotopic (exact) mass is 414 g/mol. The molecular weight excluding hydrogens is 371 g/mol. The van der Waals surface area contributed by atoms with Crippen LogP contribution in [0.5, 0.6) is 0 Å². The lowest BCUT2D eigenvalue weighted by Crippen LogP contribution is -2.47. The average Bonchev–Trinajstić information content (AvgIpc) is 2.66. The van der Waals surface area contributed by atoms with Crippen molar-refractivity contribution in [2.24, 2.45) is 5.41 Å². The summed E-state index contributed by atoms with van der Waals surface area (Å²) in [6.07, 6.45) is 3.39. The molecule has 29 heavy (non-hydrogen) atoms. The van der Waals surface area contributed by atoms with Gasteiger partial charge in [-0.2, -0.15) is 0 Å². The maximum absolute atomic E-state index is 14.1. The summed E-state index contributed by atoms with van der Waals surface area (Å²) in [7, 11) is 0. The van der Waals surface area contributed by atoms with Gasteiger partial charge >= 0.3 is 0 Å². The number of allylic oxidation sites excluding steroid dienone is 3. The molecule has 0 amide bonds. The minimum Gasteiger partial charge on any atom is -0.495 e. The fourth-order valence-electron chi connectivity index (χ4n) is 3.12. The van der Waals surface area contributed by atoms with E-state index < -0.39 is 12.1 Å². The van der Waals surface area contributed by atoms with Gasteiger partial charge in [-0.3, -0.25) is 0 Å². The van der Waals surface area contributed by atoms with Crippen LogP contribution >= 0.6 is 0 Å². The molecule has 1 saturated heterocycles. The van der Waals surface area contributed by atoms with E-state index in [1.54, 1.807) is 20.8 Å². The number of aliphatic hydroxyl groups excluding tert-OH is 1. The van der Waals surface area contributed by atoms with Crippen LogP contribution in [0.25, 0.3) is 0 Å². The number of aliphatic hydroxyl groups is 1. The fourth-order valence-corrected chi connectivity index (χ4v) is 3.12. The first-order chi connectivity index (χ1) is 13.6. The van der Waals surface area contributed by atoms with Gasteiger partial charge in [0.05, 0.1) is 6.61 Å². The Morgan fingerprint density at radius 1 is 1.07 bits per heavy atom. The zero-order valence-electron chi connectivity index (χ0n) is 19.5. The molecule has 0 aromatic rings. The quantitative estimate of drug-likeness (QED) is 0.223. The van der Waals surface area contributed by atoms with Crippen LogP contribution < -0.4 is 0 Å². The van der Waals surface area contributed by atoms with Gasteiger partial charge in [0.2, 0.25) is 0 Å². The first-order valence-corrected chi connectivity index (χ1v) is 11.0. The molecule has 170 valence electrons. The van der Waals surface area contributed by atoms with E-state index in [0.717, 1.165) is 45.6 Å². The second-order valence-corrected chi connectivity index (χ2v) is 9.15. The molecule has 1 rings (SSSR count). The lowest BCUT2D eigenvalue weighted by molar-refractivity contribution is -0.0670. The Labute approximate surface area is 177 Å². The molecule has 1 unspecified atom stereocenters. The van der Waals surface area contributed by atoms with E-state index in [-0.39, 0.29) is 5.76 Å². The van der Waals surface area contributed by atoms with Crippen molar-refractivity contribution in [3.05, 3.63) is 23.2 Å².